The molecule has 0 aliphatic carbocycles. The van der Waals surface area contributed by atoms with Crippen molar-refractivity contribution < 1.29 is 0 Å². The van der Waals surface area contributed by atoms with Crippen LogP contribution in [0.2, 0.25) is 0 Å². The number of rotatable bonds is 6. The quantitative estimate of drug-likeness (QED) is 0.307. The lowest BCUT2D eigenvalue weighted by molar-refractivity contribution is 0.842. The van der Waals surface area contributed by atoms with Gasteiger partial charge in [-0.1, -0.05) is 24.3 Å². The van der Waals surface area contributed by atoms with E-state index in [0.717, 1.165) is 25.1 Å². The molecule has 0 spiro atoms. The van der Waals surface area contributed by atoms with E-state index in [-0.39, 0.29) is 24.0 Å². The van der Waals surface area contributed by atoms with Gasteiger partial charge in [0.05, 0.1) is 0 Å². The molecule has 0 atom stereocenters. The maximum Gasteiger partial charge on any atom is 0.188 e. The normalized spacial score (nSPS) is 11.3. The molecule has 0 radical (unpaired) electrons. The number of aryl methyl sites for hydroxylation is 1. The molecule has 2 heterocycles. The van der Waals surface area contributed by atoms with Gasteiger partial charge in [-0.05, 0) is 36.6 Å². The number of guanidine groups is 1. The molecule has 0 unspecified atom stereocenters. The van der Waals surface area contributed by atoms with Gasteiger partial charge in [0.25, 0.3) is 0 Å². The van der Waals surface area contributed by atoms with Crippen molar-refractivity contribution in [1.29, 1.82) is 0 Å². The van der Waals surface area contributed by atoms with Crippen LogP contribution in [0, 0.1) is 6.92 Å². The van der Waals surface area contributed by atoms with Crippen molar-refractivity contribution in [3.8, 4) is 0 Å². The molecule has 6 heteroatoms. The smallest absolute Gasteiger partial charge is 0.188 e. The third-order valence-electron chi connectivity index (χ3n) is 4.09. The zero-order valence-electron chi connectivity index (χ0n) is 14.3. The van der Waals surface area contributed by atoms with Crippen molar-refractivity contribution in [2.45, 2.75) is 19.8 Å². The van der Waals surface area contributed by atoms with Crippen LogP contribution in [0.5, 0.6) is 0 Å². The van der Waals surface area contributed by atoms with Gasteiger partial charge in [-0.3, -0.25) is 9.98 Å². The number of benzene rings is 1. The van der Waals surface area contributed by atoms with Crippen LogP contribution < -0.4 is 11.1 Å². The molecule has 1 aromatic carbocycles. The number of aromatic amines is 1. The average Bonchev–Trinajstić information content (AvgIpc) is 3.01. The van der Waals surface area contributed by atoms with Crippen molar-refractivity contribution in [2.24, 2.45) is 10.7 Å². The first-order valence-corrected chi connectivity index (χ1v) is 8.23. The highest BCUT2D eigenvalue weighted by Crippen LogP contribution is 2.21. The van der Waals surface area contributed by atoms with Gasteiger partial charge < -0.3 is 16.0 Å². The van der Waals surface area contributed by atoms with Gasteiger partial charge in [0, 0.05) is 48.5 Å². The van der Waals surface area contributed by atoms with Crippen LogP contribution in [0.3, 0.4) is 0 Å². The lowest BCUT2D eigenvalue weighted by Gasteiger charge is -2.05. The summed E-state index contributed by atoms with van der Waals surface area (Å²) in [4.78, 5) is 12.0. The fraction of sp³-hybridized carbons (Fsp3) is 0.263. The number of pyridine rings is 1. The predicted octanol–water partition coefficient (Wildman–Crippen LogP) is 3.18. The molecule has 25 heavy (non-hydrogen) atoms. The van der Waals surface area contributed by atoms with Crippen LogP contribution >= 0.6 is 24.0 Å². The van der Waals surface area contributed by atoms with Crippen LogP contribution in [0.15, 0.2) is 53.8 Å². The highest BCUT2D eigenvalue weighted by Gasteiger charge is 2.05. The van der Waals surface area contributed by atoms with Crippen LogP contribution in [-0.2, 0) is 12.8 Å². The maximum atomic E-state index is 5.92. The van der Waals surface area contributed by atoms with Gasteiger partial charge in [0.15, 0.2) is 5.96 Å². The summed E-state index contributed by atoms with van der Waals surface area (Å²) in [6, 6.07) is 12.3. The molecular weight excluding hydrogens is 425 g/mol. The number of nitrogens with one attached hydrogen (secondary N) is 2. The number of halogens is 1. The molecule has 0 saturated heterocycles. The SMILES string of the molecule is Cc1cccc2c(CCNC(N)=NCCc3ccccn3)c[nH]c12.I. The standard InChI is InChI=1S/C19H23N5.HI/c1-14-5-4-7-17-15(13-24-18(14)17)8-11-22-19(20)23-12-9-16-6-2-3-10-21-16;/h2-7,10,13,24H,8-9,11-12H2,1H3,(H3,20,22,23);1H. The lowest BCUT2D eigenvalue weighted by Crippen LogP contribution is -2.33. The highest BCUT2D eigenvalue weighted by molar-refractivity contribution is 14.0. The Hall–Kier alpha value is -2.09. The summed E-state index contributed by atoms with van der Waals surface area (Å²) in [7, 11) is 0. The Balaban J connectivity index is 0.00000225. The van der Waals surface area contributed by atoms with Gasteiger partial charge in [0.1, 0.15) is 0 Å². The summed E-state index contributed by atoms with van der Waals surface area (Å²) < 4.78 is 0. The summed E-state index contributed by atoms with van der Waals surface area (Å²) in [6.45, 7) is 3.52. The van der Waals surface area contributed by atoms with E-state index in [1.165, 1.54) is 22.0 Å². The second kappa shape index (κ2) is 9.41. The number of fused-ring (bicyclic) bond motifs is 1. The van der Waals surface area contributed by atoms with E-state index in [1.54, 1.807) is 6.20 Å². The first-order valence-electron chi connectivity index (χ1n) is 8.23. The van der Waals surface area contributed by atoms with E-state index in [2.05, 4.69) is 51.6 Å². The van der Waals surface area contributed by atoms with Crippen molar-refractivity contribution >= 4 is 40.8 Å². The summed E-state index contributed by atoms with van der Waals surface area (Å²) in [5.74, 6) is 0.488. The molecule has 3 aromatic rings. The van der Waals surface area contributed by atoms with Crippen molar-refractivity contribution in [3.05, 3.63) is 65.6 Å². The maximum absolute atomic E-state index is 5.92. The minimum absolute atomic E-state index is 0. The number of para-hydroxylation sites is 1. The fourth-order valence-corrected chi connectivity index (χ4v) is 2.79. The highest BCUT2D eigenvalue weighted by atomic mass is 127. The summed E-state index contributed by atoms with van der Waals surface area (Å²) >= 11 is 0. The molecule has 0 bridgehead atoms. The van der Waals surface area contributed by atoms with Crippen LogP contribution in [-0.4, -0.2) is 29.0 Å². The number of hydrogen-bond acceptors (Lipinski definition) is 2. The number of aromatic nitrogens is 2. The largest absolute Gasteiger partial charge is 0.370 e. The van der Waals surface area contributed by atoms with Gasteiger partial charge in [-0.15, -0.1) is 24.0 Å². The molecule has 3 rings (SSSR count). The number of hydrogen-bond donors (Lipinski definition) is 3. The van der Waals surface area contributed by atoms with Crippen molar-refractivity contribution in [1.82, 2.24) is 15.3 Å². The Labute approximate surface area is 165 Å². The first kappa shape index (κ1) is 19.2. The third kappa shape index (κ3) is 5.19. The summed E-state index contributed by atoms with van der Waals surface area (Å²) in [5, 5.41) is 4.46. The second-order valence-corrected chi connectivity index (χ2v) is 5.83. The summed E-state index contributed by atoms with van der Waals surface area (Å²) in [6.07, 6.45) is 5.57. The second-order valence-electron chi connectivity index (χ2n) is 5.83. The van der Waals surface area contributed by atoms with Crippen LogP contribution in [0.4, 0.5) is 0 Å². The zero-order valence-corrected chi connectivity index (χ0v) is 16.7. The molecule has 132 valence electrons. The number of nitrogens with zero attached hydrogens (tertiary/aromatic N) is 2. The van der Waals surface area contributed by atoms with Gasteiger partial charge in [0.2, 0.25) is 0 Å². The Morgan fingerprint density at radius 2 is 2.08 bits per heavy atom. The Morgan fingerprint density at radius 3 is 2.88 bits per heavy atom. The minimum atomic E-state index is 0. The van der Waals surface area contributed by atoms with E-state index in [4.69, 9.17) is 5.73 Å². The molecule has 2 aromatic heterocycles. The molecule has 5 nitrogen and oxygen atoms in total. The Kier molecular flexibility index (Phi) is 7.24. The minimum Gasteiger partial charge on any atom is -0.370 e. The van der Waals surface area contributed by atoms with E-state index < -0.39 is 0 Å². The zero-order chi connectivity index (χ0) is 16.8. The molecule has 0 aliphatic heterocycles. The van der Waals surface area contributed by atoms with Crippen molar-refractivity contribution in [2.75, 3.05) is 13.1 Å². The summed E-state index contributed by atoms with van der Waals surface area (Å²) in [5.41, 5.74) is 10.7. The van der Waals surface area contributed by atoms with E-state index in [1.807, 2.05) is 18.2 Å². The lowest BCUT2D eigenvalue weighted by atomic mass is 10.1. The monoisotopic (exact) mass is 449 g/mol. The van der Waals surface area contributed by atoms with Crippen molar-refractivity contribution in [3.63, 3.8) is 0 Å². The van der Waals surface area contributed by atoms with E-state index in [0.29, 0.717) is 12.5 Å². The Morgan fingerprint density at radius 1 is 1.20 bits per heavy atom. The first-order chi connectivity index (χ1) is 11.7. The third-order valence-corrected chi connectivity index (χ3v) is 4.09. The number of aliphatic imine (C=N–C) groups is 1. The van der Waals surface area contributed by atoms with Gasteiger partial charge in [-0.2, -0.15) is 0 Å². The fourth-order valence-electron chi connectivity index (χ4n) is 2.79. The van der Waals surface area contributed by atoms with Gasteiger partial charge >= 0.3 is 0 Å². The van der Waals surface area contributed by atoms with Crippen LogP contribution in [0.1, 0.15) is 16.8 Å². The number of H-pyrrole nitrogens is 1. The average molecular weight is 449 g/mol. The van der Waals surface area contributed by atoms with E-state index in [9.17, 15) is 0 Å². The molecule has 4 N–H and O–H groups in total. The molecule has 0 saturated carbocycles. The van der Waals surface area contributed by atoms with Crippen LogP contribution in [0.25, 0.3) is 10.9 Å². The van der Waals surface area contributed by atoms with Gasteiger partial charge in [-0.25, -0.2) is 0 Å². The topological polar surface area (TPSA) is 79.1 Å². The molecule has 0 aliphatic rings. The number of nitrogens with two attached hydrogens (primary N) is 1. The molecular formula is C19H24IN5. The van der Waals surface area contributed by atoms with E-state index >= 15 is 0 Å². The predicted molar refractivity (Wildman–Crippen MR) is 115 cm³/mol. The molecule has 0 fully saturated rings. The Bertz CT molecular complexity index is 826. The molecule has 0 amide bonds.